The Hall–Kier alpha value is -2.56. The van der Waals surface area contributed by atoms with Gasteiger partial charge < -0.3 is 15.2 Å². The fraction of sp³-hybridized carbons (Fsp3) is 0.250. The van der Waals surface area contributed by atoms with E-state index in [-0.39, 0.29) is 11.4 Å². The Kier molecular flexibility index (Phi) is 5.15. The molecular weight excluding hydrogens is 268 g/mol. The van der Waals surface area contributed by atoms with Crippen LogP contribution in [0.4, 0.5) is 5.69 Å². The van der Waals surface area contributed by atoms with Gasteiger partial charge in [0.05, 0.1) is 25.6 Å². The third-order valence-electron chi connectivity index (χ3n) is 2.97. The Labute approximate surface area is 123 Å². The zero-order valence-corrected chi connectivity index (χ0v) is 11.9. The summed E-state index contributed by atoms with van der Waals surface area (Å²) in [6, 6.07) is 11.6. The lowest BCUT2D eigenvalue weighted by molar-refractivity contribution is 0.0595. The van der Waals surface area contributed by atoms with Crippen molar-refractivity contribution < 1.29 is 14.3 Å². The van der Waals surface area contributed by atoms with Crippen molar-refractivity contribution in [1.82, 2.24) is 4.98 Å². The number of rotatable bonds is 6. The number of hydrogen-bond donors (Lipinski definition) is 1. The number of nitrogen functional groups attached to an aromatic ring is 1. The molecule has 1 aromatic carbocycles. The quantitative estimate of drug-likeness (QED) is 0.652. The maximum Gasteiger partial charge on any atom is 0.343 e. The van der Waals surface area contributed by atoms with Crippen molar-refractivity contribution in [1.29, 1.82) is 0 Å². The van der Waals surface area contributed by atoms with E-state index in [1.54, 1.807) is 0 Å². The average molecular weight is 286 g/mol. The highest BCUT2D eigenvalue weighted by Crippen LogP contribution is 2.19. The Balaban J connectivity index is 1.92. The highest BCUT2D eigenvalue weighted by atomic mass is 16.5. The fourth-order valence-electron chi connectivity index (χ4n) is 1.93. The summed E-state index contributed by atoms with van der Waals surface area (Å²) < 4.78 is 10.3. The van der Waals surface area contributed by atoms with Crippen molar-refractivity contribution in [3.8, 4) is 5.88 Å². The molecule has 0 aliphatic rings. The number of benzene rings is 1. The van der Waals surface area contributed by atoms with Crippen molar-refractivity contribution in [2.24, 2.45) is 0 Å². The minimum atomic E-state index is -0.507. The number of methoxy groups -OCH3 is 1. The second-order valence-corrected chi connectivity index (χ2v) is 4.55. The van der Waals surface area contributed by atoms with Crippen molar-refractivity contribution >= 4 is 11.7 Å². The molecular formula is C16H18N2O3. The van der Waals surface area contributed by atoms with Gasteiger partial charge in [-0.3, -0.25) is 0 Å². The molecule has 2 aromatic rings. The third kappa shape index (κ3) is 4.21. The van der Waals surface area contributed by atoms with Gasteiger partial charge in [0.15, 0.2) is 0 Å². The largest absolute Gasteiger partial charge is 0.477 e. The smallest absolute Gasteiger partial charge is 0.343 e. The van der Waals surface area contributed by atoms with Crippen LogP contribution in [0.3, 0.4) is 0 Å². The van der Waals surface area contributed by atoms with Gasteiger partial charge in [-0.1, -0.05) is 30.3 Å². The molecule has 0 aliphatic heterocycles. The predicted molar refractivity (Wildman–Crippen MR) is 80.2 cm³/mol. The molecule has 1 heterocycles. The van der Waals surface area contributed by atoms with Gasteiger partial charge in [-0.2, -0.15) is 0 Å². The van der Waals surface area contributed by atoms with E-state index in [2.05, 4.69) is 17.1 Å². The first kappa shape index (κ1) is 14.8. The van der Waals surface area contributed by atoms with E-state index >= 15 is 0 Å². The molecule has 0 fully saturated rings. The van der Waals surface area contributed by atoms with Crippen molar-refractivity contribution in [3.63, 3.8) is 0 Å². The number of pyridine rings is 1. The minimum absolute atomic E-state index is 0.247. The molecule has 5 heteroatoms. The van der Waals surface area contributed by atoms with Crippen LogP contribution < -0.4 is 10.5 Å². The lowest BCUT2D eigenvalue weighted by Gasteiger charge is -2.09. The van der Waals surface area contributed by atoms with E-state index in [9.17, 15) is 4.79 Å². The van der Waals surface area contributed by atoms with Crippen LogP contribution in [0.25, 0.3) is 0 Å². The molecule has 1 aromatic heterocycles. The molecule has 0 spiro atoms. The molecule has 21 heavy (non-hydrogen) atoms. The first-order chi connectivity index (χ1) is 10.2. The molecule has 0 amide bonds. The van der Waals surface area contributed by atoms with Crippen LogP contribution in [-0.4, -0.2) is 24.7 Å². The summed E-state index contributed by atoms with van der Waals surface area (Å²) in [5.74, 6) is -0.253. The third-order valence-corrected chi connectivity index (χ3v) is 2.97. The van der Waals surface area contributed by atoms with Gasteiger partial charge in [0.1, 0.15) is 5.56 Å². The molecule has 5 nitrogen and oxygen atoms in total. The fourth-order valence-corrected chi connectivity index (χ4v) is 1.93. The van der Waals surface area contributed by atoms with Gasteiger partial charge >= 0.3 is 5.97 Å². The Morgan fingerprint density at radius 3 is 2.76 bits per heavy atom. The number of hydrogen-bond acceptors (Lipinski definition) is 5. The van der Waals surface area contributed by atoms with Crippen LogP contribution in [0.15, 0.2) is 42.6 Å². The summed E-state index contributed by atoms with van der Waals surface area (Å²) in [6.45, 7) is 0.468. The number of carbonyl (C=O) groups excluding carboxylic acids is 1. The molecule has 0 saturated heterocycles. The molecule has 0 atom stereocenters. The van der Waals surface area contributed by atoms with E-state index in [1.165, 1.54) is 24.9 Å². The second-order valence-electron chi connectivity index (χ2n) is 4.55. The van der Waals surface area contributed by atoms with Crippen LogP contribution in [0.1, 0.15) is 22.3 Å². The molecule has 110 valence electrons. The number of nitrogens with two attached hydrogens (primary N) is 1. The van der Waals surface area contributed by atoms with Crippen molar-refractivity contribution in [3.05, 3.63) is 53.7 Å². The number of carbonyl (C=O) groups is 1. The van der Waals surface area contributed by atoms with Gasteiger partial charge in [-0.15, -0.1) is 0 Å². The first-order valence-electron chi connectivity index (χ1n) is 6.71. The van der Waals surface area contributed by atoms with Crippen LogP contribution in [0.5, 0.6) is 5.88 Å². The molecule has 0 radical (unpaired) electrons. The van der Waals surface area contributed by atoms with Crippen molar-refractivity contribution in [2.45, 2.75) is 12.8 Å². The number of nitrogens with zero attached hydrogens (tertiary/aromatic N) is 1. The van der Waals surface area contributed by atoms with E-state index in [4.69, 9.17) is 15.2 Å². The lowest BCUT2D eigenvalue weighted by Crippen LogP contribution is -2.09. The Morgan fingerprint density at radius 1 is 1.29 bits per heavy atom. The summed E-state index contributed by atoms with van der Waals surface area (Å²) in [5, 5.41) is 0. The minimum Gasteiger partial charge on any atom is -0.477 e. The van der Waals surface area contributed by atoms with Crippen molar-refractivity contribution in [2.75, 3.05) is 19.5 Å². The molecule has 0 saturated carbocycles. The van der Waals surface area contributed by atoms with Gasteiger partial charge in [-0.25, -0.2) is 9.78 Å². The molecule has 0 bridgehead atoms. The molecule has 0 unspecified atom stereocenters. The van der Waals surface area contributed by atoms with E-state index in [1.807, 2.05) is 18.2 Å². The van der Waals surface area contributed by atoms with Crippen LogP contribution in [-0.2, 0) is 11.2 Å². The number of esters is 1. The molecule has 2 rings (SSSR count). The Bertz CT molecular complexity index is 600. The number of anilines is 1. The van der Waals surface area contributed by atoms with Gasteiger partial charge in [0.25, 0.3) is 0 Å². The SMILES string of the molecule is COC(=O)c1cc(N)cnc1OCCCc1ccccc1. The summed E-state index contributed by atoms with van der Waals surface area (Å²) >= 11 is 0. The van der Waals surface area contributed by atoms with Gasteiger partial charge in [0.2, 0.25) is 5.88 Å². The van der Waals surface area contributed by atoms with E-state index < -0.39 is 5.97 Å². The topological polar surface area (TPSA) is 74.4 Å². The lowest BCUT2D eigenvalue weighted by atomic mass is 10.1. The Morgan fingerprint density at radius 2 is 2.05 bits per heavy atom. The monoisotopic (exact) mass is 286 g/mol. The summed E-state index contributed by atoms with van der Waals surface area (Å²) in [5.41, 5.74) is 7.52. The van der Waals surface area contributed by atoms with E-state index in [0.29, 0.717) is 12.3 Å². The summed E-state index contributed by atoms with van der Waals surface area (Å²) in [4.78, 5) is 15.7. The number of aryl methyl sites for hydroxylation is 1. The van der Waals surface area contributed by atoms with E-state index in [0.717, 1.165) is 12.8 Å². The van der Waals surface area contributed by atoms with Crippen LogP contribution in [0, 0.1) is 0 Å². The predicted octanol–water partition coefficient (Wildman–Crippen LogP) is 2.46. The zero-order valence-electron chi connectivity index (χ0n) is 11.9. The normalized spacial score (nSPS) is 10.1. The molecule has 2 N–H and O–H groups in total. The first-order valence-corrected chi connectivity index (χ1v) is 6.71. The number of ether oxygens (including phenoxy) is 2. The standard InChI is InChI=1S/C16H18N2O3/c1-20-16(19)14-10-13(17)11-18-15(14)21-9-5-8-12-6-3-2-4-7-12/h2-4,6-7,10-11H,5,8-9,17H2,1H3. The van der Waals surface area contributed by atoms with Gasteiger partial charge in [0, 0.05) is 0 Å². The number of aromatic nitrogens is 1. The highest BCUT2D eigenvalue weighted by molar-refractivity contribution is 5.92. The maximum atomic E-state index is 11.6. The highest BCUT2D eigenvalue weighted by Gasteiger charge is 2.15. The summed E-state index contributed by atoms with van der Waals surface area (Å²) in [7, 11) is 1.31. The molecule has 0 aliphatic carbocycles. The maximum absolute atomic E-state index is 11.6. The van der Waals surface area contributed by atoms with Crippen LogP contribution >= 0.6 is 0 Å². The second kappa shape index (κ2) is 7.28. The zero-order chi connectivity index (χ0) is 15.1. The average Bonchev–Trinajstić information content (AvgIpc) is 2.53. The summed E-state index contributed by atoms with van der Waals surface area (Å²) in [6.07, 6.45) is 3.19. The van der Waals surface area contributed by atoms with Gasteiger partial charge in [-0.05, 0) is 24.5 Å². The van der Waals surface area contributed by atoms with Crippen LogP contribution in [0.2, 0.25) is 0 Å².